The van der Waals surface area contributed by atoms with Crippen molar-refractivity contribution in [3.63, 3.8) is 0 Å². The SMILES string of the molecule is CC(C)(C)CCC(=O)Oc1c(N)cccc1O. The molecule has 4 nitrogen and oxygen atoms in total. The van der Waals surface area contributed by atoms with Gasteiger partial charge in [-0.15, -0.1) is 0 Å². The van der Waals surface area contributed by atoms with Crippen molar-refractivity contribution in [1.82, 2.24) is 0 Å². The molecule has 17 heavy (non-hydrogen) atoms. The minimum atomic E-state index is -0.381. The van der Waals surface area contributed by atoms with E-state index in [2.05, 4.69) is 20.8 Å². The standard InChI is InChI=1S/C13H19NO3/c1-13(2,3)8-7-11(16)17-12-9(14)5-4-6-10(12)15/h4-6,15H,7-8,14H2,1-3H3. The Morgan fingerprint density at radius 3 is 2.59 bits per heavy atom. The first-order valence-corrected chi connectivity index (χ1v) is 5.58. The first-order chi connectivity index (χ1) is 7.79. The number of hydrogen-bond donors (Lipinski definition) is 2. The Labute approximate surface area is 101 Å². The van der Waals surface area contributed by atoms with Crippen LogP contribution < -0.4 is 10.5 Å². The van der Waals surface area contributed by atoms with Crippen LogP contribution in [-0.2, 0) is 4.79 Å². The molecule has 0 aliphatic rings. The van der Waals surface area contributed by atoms with Crippen LogP contribution in [0.1, 0.15) is 33.6 Å². The smallest absolute Gasteiger partial charge is 0.311 e. The third kappa shape index (κ3) is 4.34. The van der Waals surface area contributed by atoms with Crippen LogP contribution in [-0.4, -0.2) is 11.1 Å². The van der Waals surface area contributed by atoms with Crippen molar-refractivity contribution in [3.8, 4) is 11.5 Å². The number of nitrogens with two attached hydrogens (primary N) is 1. The molecule has 94 valence electrons. The van der Waals surface area contributed by atoms with E-state index in [1.54, 1.807) is 12.1 Å². The van der Waals surface area contributed by atoms with Crippen LogP contribution in [0.5, 0.6) is 11.5 Å². The van der Waals surface area contributed by atoms with Crippen LogP contribution >= 0.6 is 0 Å². The minimum Gasteiger partial charge on any atom is -0.504 e. The van der Waals surface area contributed by atoms with Gasteiger partial charge < -0.3 is 15.6 Å². The molecule has 0 heterocycles. The Balaban J connectivity index is 2.63. The Kier molecular flexibility index (Phi) is 3.99. The van der Waals surface area contributed by atoms with Gasteiger partial charge in [-0.25, -0.2) is 0 Å². The van der Waals surface area contributed by atoms with E-state index < -0.39 is 0 Å². The summed E-state index contributed by atoms with van der Waals surface area (Å²) in [5.74, 6) is -0.450. The van der Waals surface area contributed by atoms with Gasteiger partial charge in [-0.3, -0.25) is 4.79 Å². The average Bonchev–Trinajstić information content (AvgIpc) is 2.20. The van der Waals surface area contributed by atoms with Crippen molar-refractivity contribution >= 4 is 11.7 Å². The number of nitrogen functional groups attached to an aromatic ring is 1. The highest BCUT2D eigenvalue weighted by Gasteiger charge is 2.16. The number of anilines is 1. The molecule has 0 aliphatic heterocycles. The first-order valence-electron chi connectivity index (χ1n) is 5.58. The molecule has 1 rings (SSSR count). The number of aromatic hydroxyl groups is 1. The Bertz CT molecular complexity index is 387. The van der Waals surface area contributed by atoms with E-state index in [4.69, 9.17) is 10.5 Å². The van der Waals surface area contributed by atoms with Gasteiger partial charge in [0.05, 0.1) is 5.69 Å². The Hall–Kier alpha value is -1.71. The summed E-state index contributed by atoms with van der Waals surface area (Å²) in [7, 11) is 0. The van der Waals surface area contributed by atoms with Gasteiger partial charge in [-0.2, -0.15) is 0 Å². The molecule has 0 unspecified atom stereocenters. The van der Waals surface area contributed by atoms with Crippen LogP contribution in [0.2, 0.25) is 0 Å². The molecular weight excluding hydrogens is 218 g/mol. The van der Waals surface area contributed by atoms with Crippen molar-refractivity contribution in [2.24, 2.45) is 5.41 Å². The van der Waals surface area contributed by atoms with Gasteiger partial charge in [-0.05, 0) is 24.0 Å². The highest BCUT2D eigenvalue weighted by atomic mass is 16.5. The summed E-state index contributed by atoms with van der Waals surface area (Å²) >= 11 is 0. The molecule has 0 saturated heterocycles. The molecule has 0 saturated carbocycles. The number of phenols is 1. The predicted octanol–water partition coefficient (Wildman–Crippen LogP) is 2.71. The summed E-state index contributed by atoms with van der Waals surface area (Å²) < 4.78 is 5.06. The second-order valence-electron chi connectivity index (χ2n) is 5.23. The quantitative estimate of drug-likeness (QED) is 0.481. The summed E-state index contributed by atoms with van der Waals surface area (Å²) in [4.78, 5) is 11.6. The first kappa shape index (κ1) is 13.4. The lowest BCUT2D eigenvalue weighted by molar-refractivity contribution is -0.135. The Morgan fingerprint density at radius 1 is 1.41 bits per heavy atom. The lowest BCUT2D eigenvalue weighted by Crippen LogP contribution is -2.14. The molecule has 0 atom stereocenters. The number of phenolic OH excluding ortho intramolecular Hbond substituents is 1. The van der Waals surface area contributed by atoms with E-state index in [1.165, 1.54) is 6.07 Å². The van der Waals surface area contributed by atoms with E-state index in [9.17, 15) is 9.90 Å². The maximum Gasteiger partial charge on any atom is 0.311 e. The second-order valence-corrected chi connectivity index (χ2v) is 5.23. The van der Waals surface area contributed by atoms with E-state index in [0.29, 0.717) is 6.42 Å². The molecule has 1 aromatic carbocycles. The summed E-state index contributed by atoms with van der Waals surface area (Å²) in [6.07, 6.45) is 1.02. The summed E-state index contributed by atoms with van der Waals surface area (Å²) in [6.45, 7) is 6.15. The zero-order valence-corrected chi connectivity index (χ0v) is 10.5. The lowest BCUT2D eigenvalue weighted by Gasteiger charge is -2.17. The highest BCUT2D eigenvalue weighted by Crippen LogP contribution is 2.32. The van der Waals surface area contributed by atoms with Crippen molar-refractivity contribution in [2.45, 2.75) is 33.6 Å². The summed E-state index contributed by atoms with van der Waals surface area (Å²) in [5.41, 5.74) is 5.95. The van der Waals surface area contributed by atoms with Gasteiger partial charge in [0.2, 0.25) is 0 Å². The van der Waals surface area contributed by atoms with E-state index >= 15 is 0 Å². The molecule has 0 spiro atoms. The average molecular weight is 237 g/mol. The fourth-order valence-corrected chi connectivity index (χ4v) is 1.30. The van der Waals surface area contributed by atoms with Crippen molar-refractivity contribution in [1.29, 1.82) is 0 Å². The lowest BCUT2D eigenvalue weighted by atomic mass is 9.91. The van der Waals surface area contributed by atoms with Gasteiger partial charge in [0, 0.05) is 6.42 Å². The van der Waals surface area contributed by atoms with Crippen molar-refractivity contribution in [3.05, 3.63) is 18.2 Å². The molecule has 4 heteroatoms. The molecule has 0 aromatic heterocycles. The van der Waals surface area contributed by atoms with E-state index in [0.717, 1.165) is 6.42 Å². The van der Waals surface area contributed by atoms with Crippen molar-refractivity contribution in [2.75, 3.05) is 5.73 Å². The van der Waals surface area contributed by atoms with Gasteiger partial charge >= 0.3 is 5.97 Å². The highest BCUT2D eigenvalue weighted by molar-refractivity contribution is 5.76. The number of hydrogen-bond acceptors (Lipinski definition) is 4. The zero-order valence-electron chi connectivity index (χ0n) is 10.5. The predicted molar refractivity (Wildman–Crippen MR) is 66.8 cm³/mol. The normalized spacial score (nSPS) is 11.2. The van der Waals surface area contributed by atoms with Crippen LogP contribution in [0.4, 0.5) is 5.69 Å². The number of para-hydroxylation sites is 1. The largest absolute Gasteiger partial charge is 0.504 e. The molecule has 1 aromatic rings. The topological polar surface area (TPSA) is 72.5 Å². The number of carbonyl (C=O) groups is 1. The minimum absolute atomic E-state index is 0.0476. The fraction of sp³-hybridized carbons (Fsp3) is 0.462. The third-order valence-corrected chi connectivity index (χ3v) is 2.32. The van der Waals surface area contributed by atoms with Crippen molar-refractivity contribution < 1.29 is 14.6 Å². The molecule has 0 fully saturated rings. The van der Waals surface area contributed by atoms with Crippen LogP contribution in [0.3, 0.4) is 0 Å². The third-order valence-electron chi connectivity index (χ3n) is 2.32. The van der Waals surface area contributed by atoms with Gasteiger partial charge in [0.25, 0.3) is 0 Å². The summed E-state index contributed by atoms with van der Waals surface area (Å²) in [6, 6.07) is 4.60. The number of benzene rings is 1. The molecule has 3 N–H and O–H groups in total. The van der Waals surface area contributed by atoms with Crippen LogP contribution in [0.25, 0.3) is 0 Å². The van der Waals surface area contributed by atoms with Crippen LogP contribution in [0.15, 0.2) is 18.2 Å². The molecule has 0 amide bonds. The number of ether oxygens (including phenoxy) is 1. The maximum absolute atomic E-state index is 11.6. The van der Waals surface area contributed by atoms with Gasteiger partial charge in [0.1, 0.15) is 0 Å². The monoisotopic (exact) mass is 237 g/mol. The Morgan fingerprint density at radius 2 is 2.06 bits per heavy atom. The molecule has 0 bridgehead atoms. The number of carbonyl (C=O) groups excluding carboxylic acids is 1. The van der Waals surface area contributed by atoms with Gasteiger partial charge in [-0.1, -0.05) is 26.8 Å². The van der Waals surface area contributed by atoms with E-state index in [1.807, 2.05) is 0 Å². The molecule has 0 aliphatic carbocycles. The molecular formula is C13H19NO3. The van der Waals surface area contributed by atoms with Gasteiger partial charge in [0.15, 0.2) is 11.5 Å². The number of esters is 1. The van der Waals surface area contributed by atoms with E-state index in [-0.39, 0.29) is 28.6 Å². The summed E-state index contributed by atoms with van der Waals surface area (Å²) in [5, 5.41) is 9.51. The number of rotatable bonds is 3. The maximum atomic E-state index is 11.6. The zero-order chi connectivity index (χ0) is 13.1. The second kappa shape index (κ2) is 5.08. The fourth-order valence-electron chi connectivity index (χ4n) is 1.30. The molecule has 0 radical (unpaired) electrons. The van der Waals surface area contributed by atoms with Crippen LogP contribution in [0, 0.1) is 5.41 Å².